The lowest BCUT2D eigenvalue weighted by molar-refractivity contribution is -0.455. The molecule has 65 heavy (non-hydrogen) atoms. The summed E-state index contributed by atoms with van der Waals surface area (Å²) in [5, 5.41) is 0. The van der Waals surface area contributed by atoms with Crippen molar-refractivity contribution in [1.29, 1.82) is 0 Å². The molecule has 0 N–H and O–H groups in total. The maximum Gasteiger partial charge on any atom is 0.212 e. The predicted molar refractivity (Wildman–Crippen MR) is 296 cm³/mol. The second-order valence-electron chi connectivity index (χ2n) is 18.2. The lowest BCUT2D eigenvalue weighted by Gasteiger charge is -2.39. The molecular formula is C55H53I4N2O4+. The molecule has 6 nitrogen and oxygen atoms in total. The summed E-state index contributed by atoms with van der Waals surface area (Å²) in [6, 6.07) is 25.2. The number of anilines is 1. The molecule has 0 amide bonds. The Hall–Kier alpha value is -3.09. The Balaban J connectivity index is 1.15. The van der Waals surface area contributed by atoms with Crippen LogP contribution >= 0.6 is 90.4 Å². The van der Waals surface area contributed by atoms with Crippen LogP contribution in [0.15, 0.2) is 121 Å². The topological polar surface area (TPSA) is 74.5 Å². The summed E-state index contributed by atoms with van der Waals surface area (Å²) in [5.41, 5.74) is 10.9. The molecule has 0 aromatic heterocycles. The molecule has 4 aliphatic rings. The minimum absolute atomic E-state index is 0.0596. The standard InChI is InChI=1S/C55H53I4N2O4/c1-34(62)40-16-12-38(13-17-40)32-60-48-30-44(56)28-46(58)52(48)54(24-20-42(21-25-54)36(3)64)50(60)10-8-6-5-7-9-11-51-55(26-22-43(23-27-55)37(4)65)53-47(59)29-45(57)31-49(53)61(51)33-39-14-18-41(19-15-39)35(2)63/h5-19,28-31,42-43H,20-27,32-33H2,1-4H3/q+1. The van der Waals surface area contributed by atoms with E-state index in [4.69, 9.17) is 0 Å². The molecule has 0 radical (unpaired) electrons. The Labute approximate surface area is 438 Å². The number of carbonyl (C=O) groups is 4. The normalized spacial score (nSPS) is 23.4. The van der Waals surface area contributed by atoms with Crippen LogP contribution in [-0.2, 0) is 33.5 Å². The van der Waals surface area contributed by atoms with E-state index >= 15 is 0 Å². The minimum atomic E-state index is -0.218. The van der Waals surface area contributed by atoms with Crippen LogP contribution in [-0.4, -0.2) is 33.4 Å². The van der Waals surface area contributed by atoms with Gasteiger partial charge < -0.3 is 4.90 Å². The van der Waals surface area contributed by atoms with Gasteiger partial charge in [-0.3, -0.25) is 19.2 Å². The van der Waals surface area contributed by atoms with E-state index in [0.717, 1.165) is 62.5 Å². The van der Waals surface area contributed by atoms with E-state index in [0.29, 0.717) is 24.2 Å². The van der Waals surface area contributed by atoms with Crippen LogP contribution in [0.1, 0.15) is 122 Å². The van der Waals surface area contributed by atoms with Gasteiger partial charge in [0.15, 0.2) is 23.8 Å². The highest BCUT2D eigenvalue weighted by atomic mass is 127. The van der Waals surface area contributed by atoms with Gasteiger partial charge in [0.25, 0.3) is 0 Å². The molecule has 2 heterocycles. The van der Waals surface area contributed by atoms with Gasteiger partial charge in [0, 0.05) is 83.9 Å². The van der Waals surface area contributed by atoms with Crippen molar-refractivity contribution in [3.8, 4) is 0 Å². The molecule has 2 spiro atoms. The first-order valence-corrected chi connectivity index (χ1v) is 26.8. The number of fused-ring (bicyclic) bond motifs is 4. The molecule has 0 atom stereocenters. The zero-order valence-corrected chi connectivity index (χ0v) is 45.9. The molecule has 2 saturated carbocycles. The number of allylic oxidation sites excluding steroid dienone is 8. The molecule has 4 aromatic carbocycles. The number of carbonyl (C=O) groups excluding carboxylic acids is 4. The molecule has 8 rings (SSSR count). The Morgan fingerprint density at radius 2 is 1.11 bits per heavy atom. The maximum absolute atomic E-state index is 12.6. The molecule has 2 aliphatic carbocycles. The van der Waals surface area contributed by atoms with Gasteiger partial charge >= 0.3 is 0 Å². The number of benzene rings is 4. The van der Waals surface area contributed by atoms with Crippen molar-refractivity contribution >= 4 is 131 Å². The van der Waals surface area contributed by atoms with E-state index in [1.165, 1.54) is 48.2 Å². The Kier molecular flexibility index (Phi) is 15.1. The fraction of sp³-hybridized carbons (Fsp3) is 0.327. The third-order valence-electron chi connectivity index (χ3n) is 14.4. The van der Waals surface area contributed by atoms with Crippen LogP contribution in [0, 0.1) is 26.1 Å². The van der Waals surface area contributed by atoms with Crippen LogP contribution in [0.3, 0.4) is 0 Å². The first kappa shape index (κ1) is 48.4. The van der Waals surface area contributed by atoms with Gasteiger partial charge in [0.05, 0.1) is 11.0 Å². The fourth-order valence-corrected chi connectivity index (χ4v) is 15.6. The summed E-state index contributed by atoms with van der Waals surface area (Å²) in [6.07, 6.45) is 22.3. The molecule has 4 aromatic rings. The zero-order valence-electron chi connectivity index (χ0n) is 37.2. The average molecular weight is 1310 g/mol. The lowest BCUT2D eigenvalue weighted by atomic mass is 9.64. The number of halogens is 4. The van der Waals surface area contributed by atoms with Crippen molar-refractivity contribution in [3.05, 3.63) is 169 Å². The molecule has 334 valence electrons. The van der Waals surface area contributed by atoms with E-state index < -0.39 is 0 Å². The van der Waals surface area contributed by atoms with Gasteiger partial charge in [-0.25, -0.2) is 0 Å². The summed E-state index contributed by atoms with van der Waals surface area (Å²) in [4.78, 5) is 52.0. The van der Waals surface area contributed by atoms with Crippen LogP contribution in [0.4, 0.5) is 11.4 Å². The second kappa shape index (κ2) is 20.2. The Morgan fingerprint density at radius 3 is 1.66 bits per heavy atom. The molecule has 0 bridgehead atoms. The molecule has 0 saturated heterocycles. The van der Waals surface area contributed by atoms with E-state index in [1.54, 1.807) is 27.7 Å². The molecule has 2 fully saturated rings. The van der Waals surface area contributed by atoms with Gasteiger partial charge in [-0.2, -0.15) is 4.58 Å². The monoisotopic (exact) mass is 1310 g/mol. The van der Waals surface area contributed by atoms with Crippen LogP contribution in [0.2, 0.25) is 0 Å². The maximum atomic E-state index is 12.6. The van der Waals surface area contributed by atoms with Crippen molar-refractivity contribution in [2.75, 3.05) is 4.90 Å². The second-order valence-corrected chi connectivity index (χ2v) is 23.1. The number of Topliss-reactive ketones (excluding diaryl/α,β-unsaturated/α-hetero) is 4. The van der Waals surface area contributed by atoms with Crippen molar-refractivity contribution in [1.82, 2.24) is 0 Å². The summed E-state index contributed by atoms with van der Waals surface area (Å²) < 4.78 is 7.36. The molecular weight excluding hydrogens is 1260 g/mol. The molecule has 2 aliphatic heterocycles. The Bertz CT molecular complexity index is 2730. The van der Waals surface area contributed by atoms with Crippen molar-refractivity contribution in [2.45, 2.75) is 103 Å². The van der Waals surface area contributed by atoms with E-state index in [-0.39, 0.29) is 45.8 Å². The third-order valence-corrected chi connectivity index (χ3v) is 17.3. The number of rotatable bonds is 12. The van der Waals surface area contributed by atoms with Crippen molar-refractivity contribution in [2.24, 2.45) is 11.8 Å². The van der Waals surface area contributed by atoms with Crippen LogP contribution in [0.25, 0.3) is 0 Å². The van der Waals surface area contributed by atoms with Gasteiger partial charge in [0.2, 0.25) is 5.69 Å². The largest absolute Gasteiger partial charge is 0.339 e. The fourth-order valence-electron chi connectivity index (χ4n) is 11.0. The van der Waals surface area contributed by atoms with E-state index in [2.05, 4.69) is 191 Å². The summed E-state index contributed by atoms with van der Waals surface area (Å²) >= 11 is 9.89. The van der Waals surface area contributed by atoms with Gasteiger partial charge in [-0.05, 0) is 199 Å². The lowest BCUT2D eigenvalue weighted by Crippen LogP contribution is -2.40. The molecule has 10 heteroatoms. The minimum Gasteiger partial charge on any atom is -0.339 e. The number of hydrogen-bond donors (Lipinski definition) is 0. The quantitative estimate of drug-likeness (QED) is 0.0611. The zero-order chi connectivity index (χ0) is 46.2. The van der Waals surface area contributed by atoms with Gasteiger partial charge in [0.1, 0.15) is 11.6 Å². The van der Waals surface area contributed by atoms with Gasteiger partial charge in [-0.15, -0.1) is 0 Å². The number of ketones is 4. The van der Waals surface area contributed by atoms with Gasteiger partial charge in [-0.1, -0.05) is 78.9 Å². The van der Waals surface area contributed by atoms with Crippen molar-refractivity contribution in [3.63, 3.8) is 0 Å². The summed E-state index contributed by atoms with van der Waals surface area (Å²) in [5.74, 6) is 0.871. The highest BCUT2D eigenvalue weighted by Crippen LogP contribution is 2.58. The first-order valence-electron chi connectivity index (χ1n) is 22.5. The van der Waals surface area contributed by atoms with Crippen LogP contribution in [0.5, 0.6) is 0 Å². The average Bonchev–Trinajstić information content (AvgIpc) is 3.65. The highest BCUT2D eigenvalue weighted by Gasteiger charge is 2.54. The third kappa shape index (κ3) is 9.79. The van der Waals surface area contributed by atoms with Crippen molar-refractivity contribution < 1.29 is 23.8 Å². The van der Waals surface area contributed by atoms with Crippen LogP contribution < -0.4 is 4.90 Å². The number of nitrogens with zero attached hydrogens (tertiary/aromatic N) is 2. The van der Waals surface area contributed by atoms with E-state index in [1.807, 2.05) is 24.3 Å². The number of hydrogen-bond acceptors (Lipinski definition) is 5. The Morgan fingerprint density at radius 1 is 0.615 bits per heavy atom. The SMILES string of the molecule is CC(=O)c1ccc(CN2\C(=C/C=C/C=C/C=C/C3=[N+](Cc4ccc(C(C)=O)cc4)c4cc(I)cc(I)c4C34CCC(C(C)=O)CC4)C3(CCC(C(C)=O)CC3)c3c(I)cc(I)cc32)cc1. The first-order chi connectivity index (χ1) is 31.1. The smallest absolute Gasteiger partial charge is 0.212 e. The highest BCUT2D eigenvalue weighted by molar-refractivity contribution is 14.1. The molecule has 0 unspecified atom stereocenters. The summed E-state index contributed by atoms with van der Waals surface area (Å²) in [6.45, 7) is 8.03. The summed E-state index contributed by atoms with van der Waals surface area (Å²) in [7, 11) is 0. The predicted octanol–water partition coefficient (Wildman–Crippen LogP) is 14.1. The van der Waals surface area contributed by atoms with E-state index in [9.17, 15) is 19.2 Å².